The maximum atomic E-state index is 11.1. The summed E-state index contributed by atoms with van der Waals surface area (Å²) in [4.78, 5) is 11.1. The Morgan fingerprint density at radius 1 is 1.29 bits per heavy atom. The number of hydrogen-bond donors (Lipinski definition) is 1. The molecule has 0 spiro atoms. The first-order chi connectivity index (χ1) is 8.15. The Kier molecular flexibility index (Phi) is 3.08. The third-order valence-electron chi connectivity index (χ3n) is 2.83. The zero-order valence-electron chi connectivity index (χ0n) is 9.73. The van der Waals surface area contributed by atoms with Gasteiger partial charge in [-0.3, -0.25) is 4.79 Å². The molecule has 1 heterocycles. The van der Waals surface area contributed by atoms with E-state index in [-0.39, 0.29) is 17.6 Å². The number of methoxy groups -OCH3 is 2. The lowest BCUT2D eigenvalue weighted by atomic mass is 9.97. The largest absolute Gasteiger partial charge is 0.502 e. The number of phenols is 1. The average Bonchev–Trinajstić information content (AvgIpc) is 2.76. The van der Waals surface area contributed by atoms with E-state index in [9.17, 15) is 9.90 Å². The van der Waals surface area contributed by atoms with Crippen LogP contribution < -0.4 is 9.47 Å². The number of ether oxygens (including phenoxy) is 3. The zero-order valence-corrected chi connectivity index (χ0v) is 9.73. The van der Waals surface area contributed by atoms with Gasteiger partial charge >= 0.3 is 5.97 Å². The number of benzene rings is 1. The summed E-state index contributed by atoms with van der Waals surface area (Å²) in [5, 5.41) is 9.76. The van der Waals surface area contributed by atoms with E-state index in [0.717, 1.165) is 5.56 Å². The molecule has 0 bridgehead atoms. The van der Waals surface area contributed by atoms with Crippen molar-refractivity contribution in [1.82, 2.24) is 0 Å². The number of cyclic esters (lactones) is 1. The van der Waals surface area contributed by atoms with Crippen LogP contribution in [0.2, 0.25) is 0 Å². The van der Waals surface area contributed by atoms with Gasteiger partial charge in [-0.15, -0.1) is 0 Å². The lowest BCUT2D eigenvalue weighted by Gasteiger charge is -2.13. The van der Waals surface area contributed by atoms with Gasteiger partial charge in [0.1, 0.15) is 0 Å². The summed E-state index contributed by atoms with van der Waals surface area (Å²) in [5.74, 6) is 0.410. The normalized spacial score (nSPS) is 18.9. The van der Waals surface area contributed by atoms with E-state index in [1.165, 1.54) is 14.2 Å². The molecule has 5 heteroatoms. The molecule has 0 amide bonds. The second-order valence-corrected chi connectivity index (χ2v) is 3.86. The number of hydrogen-bond acceptors (Lipinski definition) is 5. The van der Waals surface area contributed by atoms with Crippen LogP contribution >= 0.6 is 0 Å². The van der Waals surface area contributed by atoms with Crippen molar-refractivity contribution in [2.75, 3.05) is 20.8 Å². The fraction of sp³-hybridized carbons (Fsp3) is 0.417. The Balaban J connectivity index is 2.37. The van der Waals surface area contributed by atoms with Crippen LogP contribution in [0.4, 0.5) is 0 Å². The van der Waals surface area contributed by atoms with Crippen molar-refractivity contribution in [3.05, 3.63) is 17.7 Å². The highest BCUT2D eigenvalue weighted by Crippen LogP contribution is 2.40. The van der Waals surface area contributed by atoms with Gasteiger partial charge in [-0.05, 0) is 17.7 Å². The highest BCUT2D eigenvalue weighted by molar-refractivity contribution is 5.73. The van der Waals surface area contributed by atoms with Crippen LogP contribution in [0, 0.1) is 0 Å². The first-order valence-electron chi connectivity index (χ1n) is 5.26. The van der Waals surface area contributed by atoms with Gasteiger partial charge in [0.25, 0.3) is 0 Å². The molecule has 1 aliphatic rings. The van der Waals surface area contributed by atoms with Gasteiger partial charge in [0.15, 0.2) is 11.5 Å². The molecule has 2 rings (SSSR count). The molecule has 1 N–H and O–H groups in total. The summed E-state index contributed by atoms with van der Waals surface area (Å²) in [6.07, 6.45) is 0.344. The number of rotatable bonds is 3. The van der Waals surface area contributed by atoms with Gasteiger partial charge in [-0.25, -0.2) is 0 Å². The van der Waals surface area contributed by atoms with Crippen LogP contribution in [-0.4, -0.2) is 31.9 Å². The van der Waals surface area contributed by atoms with E-state index < -0.39 is 0 Å². The molecule has 92 valence electrons. The molecule has 1 atom stereocenters. The summed E-state index contributed by atoms with van der Waals surface area (Å²) >= 11 is 0. The Bertz CT molecular complexity index is 416. The first-order valence-corrected chi connectivity index (χ1v) is 5.26. The van der Waals surface area contributed by atoms with Crippen molar-refractivity contribution in [3.63, 3.8) is 0 Å². The van der Waals surface area contributed by atoms with Gasteiger partial charge in [0.05, 0.1) is 27.2 Å². The quantitative estimate of drug-likeness (QED) is 0.807. The molecule has 1 aromatic carbocycles. The lowest BCUT2D eigenvalue weighted by molar-refractivity contribution is -0.137. The van der Waals surface area contributed by atoms with E-state index in [1.54, 1.807) is 12.1 Å². The summed E-state index contributed by atoms with van der Waals surface area (Å²) in [5.41, 5.74) is 0.863. The number of carbonyl (C=O) groups is 1. The van der Waals surface area contributed by atoms with E-state index in [0.29, 0.717) is 24.5 Å². The van der Waals surface area contributed by atoms with Crippen molar-refractivity contribution in [2.45, 2.75) is 12.3 Å². The molecular weight excluding hydrogens is 224 g/mol. The number of carbonyl (C=O) groups excluding carboxylic acids is 1. The van der Waals surface area contributed by atoms with E-state index in [4.69, 9.17) is 14.2 Å². The minimum absolute atomic E-state index is 0.00843. The number of esters is 1. The van der Waals surface area contributed by atoms with Crippen molar-refractivity contribution >= 4 is 5.97 Å². The topological polar surface area (TPSA) is 65.0 Å². The van der Waals surface area contributed by atoms with Crippen LogP contribution in [-0.2, 0) is 9.53 Å². The van der Waals surface area contributed by atoms with E-state index in [2.05, 4.69) is 0 Å². The number of phenolic OH excluding ortho intramolecular Hbond substituents is 1. The van der Waals surface area contributed by atoms with Crippen molar-refractivity contribution in [1.29, 1.82) is 0 Å². The Morgan fingerprint density at radius 2 is 1.88 bits per heavy atom. The van der Waals surface area contributed by atoms with Crippen LogP contribution in [0.3, 0.4) is 0 Å². The van der Waals surface area contributed by atoms with Crippen molar-refractivity contribution < 1.29 is 24.1 Å². The van der Waals surface area contributed by atoms with Crippen LogP contribution in [0.15, 0.2) is 12.1 Å². The molecule has 5 nitrogen and oxygen atoms in total. The van der Waals surface area contributed by atoms with Crippen LogP contribution in [0.25, 0.3) is 0 Å². The molecule has 0 aliphatic carbocycles. The third kappa shape index (κ3) is 2.13. The maximum Gasteiger partial charge on any atom is 0.306 e. The lowest BCUT2D eigenvalue weighted by Crippen LogP contribution is -2.00. The minimum atomic E-state index is -0.207. The maximum absolute atomic E-state index is 11.1. The summed E-state index contributed by atoms with van der Waals surface area (Å²) in [6, 6.07) is 3.40. The molecule has 0 saturated carbocycles. The second-order valence-electron chi connectivity index (χ2n) is 3.86. The predicted octanol–water partition coefficient (Wildman–Crippen LogP) is 1.44. The summed E-state index contributed by atoms with van der Waals surface area (Å²) < 4.78 is 15.0. The average molecular weight is 238 g/mol. The van der Waals surface area contributed by atoms with Gasteiger partial charge < -0.3 is 19.3 Å². The van der Waals surface area contributed by atoms with Crippen molar-refractivity contribution in [2.24, 2.45) is 0 Å². The smallest absolute Gasteiger partial charge is 0.306 e. The molecular formula is C12H14O5. The fourth-order valence-corrected chi connectivity index (χ4v) is 1.88. The highest BCUT2D eigenvalue weighted by Gasteiger charge is 2.27. The van der Waals surface area contributed by atoms with Gasteiger partial charge in [-0.1, -0.05) is 0 Å². The Labute approximate surface area is 98.9 Å². The van der Waals surface area contributed by atoms with Gasteiger partial charge in [0.2, 0.25) is 5.75 Å². The van der Waals surface area contributed by atoms with E-state index in [1.807, 2.05) is 0 Å². The molecule has 0 unspecified atom stereocenters. The van der Waals surface area contributed by atoms with Gasteiger partial charge in [-0.2, -0.15) is 0 Å². The summed E-state index contributed by atoms with van der Waals surface area (Å²) in [6.45, 7) is 0.357. The molecule has 0 radical (unpaired) electrons. The Morgan fingerprint density at radius 3 is 2.29 bits per heavy atom. The zero-order chi connectivity index (χ0) is 12.4. The molecule has 1 fully saturated rings. The minimum Gasteiger partial charge on any atom is -0.502 e. The molecule has 1 saturated heterocycles. The molecule has 0 aromatic heterocycles. The third-order valence-corrected chi connectivity index (χ3v) is 2.83. The van der Waals surface area contributed by atoms with Crippen LogP contribution in [0.1, 0.15) is 17.9 Å². The van der Waals surface area contributed by atoms with E-state index >= 15 is 0 Å². The monoisotopic (exact) mass is 238 g/mol. The summed E-state index contributed by atoms with van der Waals surface area (Å²) in [7, 11) is 2.93. The van der Waals surface area contributed by atoms with Crippen LogP contribution in [0.5, 0.6) is 17.2 Å². The van der Waals surface area contributed by atoms with Gasteiger partial charge in [0, 0.05) is 5.92 Å². The predicted molar refractivity (Wildman–Crippen MR) is 59.5 cm³/mol. The molecule has 1 aliphatic heterocycles. The fourth-order valence-electron chi connectivity index (χ4n) is 1.88. The second kappa shape index (κ2) is 4.53. The highest BCUT2D eigenvalue weighted by atomic mass is 16.5. The van der Waals surface area contributed by atoms with Crippen molar-refractivity contribution in [3.8, 4) is 17.2 Å². The number of aromatic hydroxyl groups is 1. The SMILES string of the molecule is COc1cc([C@H]2COC(=O)C2)cc(OC)c1O. The standard InChI is InChI=1S/C12H14O5/c1-15-9-3-7(4-10(16-2)12(9)14)8-5-11(13)17-6-8/h3-4,8,14H,5-6H2,1-2H3/t8-/m1/s1. The first kappa shape index (κ1) is 11.6. The molecule has 17 heavy (non-hydrogen) atoms. The Hall–Kier alpha value is -1.91. The molecule has 1 aromatic rings.